The molecule has 14 heteroatoms. The summed E-state index contributed by atoms with van der Waals surface area (Å²) < 4.78 is 29.6. The Morgan fingerprint density at radius 1 is 0.947 bits per heavy atom. The monoisotopic (exact) mass is 807 g/mol. The van der Waals surface area contributed by atoms with E-state index in [4.69, 9.17) is 0 Å². The fourth-order valence-electron chi connectivity index (χ4n) is 8.58. The Morgan fingerprint density at radius 2 is 1.74 bits per heavy atom. The van der Waals surface area contributed by atoms with Crippen molar-refractivity contribution in [3.8, 4) is 11.1 Å². The number of piperidine rings is 1. The van der Waals surface area contributed by atoms with Crippen molar-refractivity contribution < 1.29 is 32.7 Å². The van der Waals surface area contributed by atoms with Gasteiger partial charge in [-0.2, -0.15) is 4.31 Å². The normalized spacial score (nSPS) is 21.7. The number of carbonyl (C=O) groups is 4. The Bertz CT molecular complexity index is 2350. The number of fused-ring (bicyclic) bond motifs is 4. The van der Waals surface area contributed by atoms with Gasteiger partial charge in [-0.05, 0) is 109 Å². The lowest BCUT2D eigenvalue weighted by Gasteiger charge is -2.39. The molecule has 12 nitrogen and oxygen atoms in total. The van der Waals surface area contributed by atoms with Crippen LogP contribution in [0.1, 0.15) is 71.6 Å². The quantitative estimate of drug-likeness (QED) is 0.0780. The number of carbonyl (C=O) groups excluding carboxylic acids is 4. The Balaban J connectivity index is 0.887. The van der Waals surface area contributed by atoms with Crippen molar-refractivity contribution in [1.82, 2.24) is 14.5 Å². The van der Waals surface area contributed by atoms with Crippen LogP contribution < -0.4 is 16.0 Å². The van der Waals surface area contributed by atoms with Crippen molar-refractivity contribution in [2.75, 3.05) is 29.5 Å². The predicted octanol–water partition coefficient (Wildman–Crippen LogP) is 5.86. The van der Waals surface area contributed by atoms with Crippen LogP contribution >= 0.6 is 11.8 Å². The number of sulfonamides is 1. The van der Waals surface area contributed by atoms with Gasteiger partial charge in [0.1, 0.15) is 6.04 Å². The van der Waals surface area contributed by atoms with E-state index in [0.717, 1.165) is 50.6 Å². The summed E-state index contributed by atoms with van der Waals surface area (Å²) in [5.74, 6) is -0.381. The number of hydrogen-bond acceptors (Lipinski definition) is 9. The Hall–Kier alpha value is -5.02. The Labute approximate surface area is 336 Å². The molecule has 57 heavy (non-hydrogen) atoms. The molecule has 0 bridgehead atoms. The van der Waals surface area contributed by atoms with Gasteiger partial charge >= 0.3 is 0 Å². The zero-order valence-corrected chi connectivity index (χ0v) is 33.2. The fraction of sp³-hybridized carbons (Fsp3) is 0.349. The first-order valence-corrected chi connectivity index (χ1v) is 21.8. The summed E-state index contributed by atoms with van der Waals surface area (Å²) >= 11 is 1.63. The highest BCUT2D eigenvalue weighted by Crippen LogP contribution is 2.49. The standard InChI is InChI=1S/C43H45N5O7S2/c1-26-11-14-30(15-12-26)57(54,55)48-20-19-32-36(25-49)45-35-16-13-28(23-33(35)41(32)48)27-6-4-7-29(22-27)44-39(50)10-2-3-21-56-38-9-5-8-31-34(38)24-47(43(31)53)37-17-18-40(51)46-42(37)52/h4-9,11-16,22-23,32,36-37,41,45,49H,2-3,10,17-21,24-25H2,1H3,(H,44,50)(H,46,51,52)/t32-,36+,37?,41-/m1/s1. The first kappa shape index (κ1) is 38.8. The van der Waals surface area contributed by atoms with E-state index in [2.05, 4.69) is 16.0 Å². The molecule has 4 amide bonds. The number of nitrogens with one attached hydrogen (secondary N) is 3. The molecule has 1 unspecified atom stereocenters. The van der Waals surface area contributed by atoms with E-state index in [1.54, 1.807) is 51.3 Å². The molecule has 4 N–H and O–H groups in total. The van der Waals surface area contributed by atoms with Crippen LogP contribution in [-0.2, 0) is 31.0 Å². The molecule has 4 aliphatic rings. The van der Waals surface area contributed by atoms with Crippen LogP contribution in [0.2, 0.25) is 0 Å². The lowest BCUT2D eigenvalue weighted by Crippen LogP contribution is -2.52. The molecule has 0 aliphatic carbocycles. The maximum Gasteiger partial charge on any atom is 0.255 e. The Kier molecular flexibility index (Phi) is 11.0. The lowest BCUT2D eigenvalue weighted by atomic mass is 9.82. The maximum absolute atomic E-state index is 14.0. The van der Waals surface area contributed by atoms with Gasteiger partial charge in [0, 0.05) is 53.7 Å². The average molecular weight is 808 g/mol. The zero-order valence-electron chi connectivity index (χ0n) is 31.6. The number of thioether (sulfide) groups is 1. The molecule has 4 aliphatic heterocycles. The van der Waals surface area contributed by atoms with Crippen LogP contribution in [0.15, 0.2) is 94.7 Å². The second-order valence-electron chi connectivity index (χ2n) is 15.2. The summed E-state index contributed by atoms with van der Waals surface area (Å²) in [6.07, 6.45) is 2.95. The number of aryl methyl sites for hydroxylation is 1. The summed E-state index contributed by atoms with van der Waals surface area (Å²) in [4.78, 5) is 53.1. The van der Waals surface area contributed by atoms with Crippen LogP contribution in [0.4, 0.5) is 11.4 Å². The number of amides is 4. The topological polar surface area (TPSA) is 165 Å². The largest absolute Gasteiger partial charge is 0.394 e. The zero-order chi connectivity index (χ0) is 39.8. The number of nitrogens with zero attached hydrogens (tertiary/aromatic N) is 2. The first-order valence-electron chi connectivity index (χ1n) is 19.4. The summed E-state index contributed by atoms with van der Waals surface area (Å²) in [6, 6.07) is 24.7. The summed E-state index contributed by atoms with van der Waals surface area (Å²) in [7, 11) is -3.80. The number of unbranched alkanes of at least 4 members (excludes halogenated alkanes) is 1. The third kappa shape index (κ3) is 7.71. The third-order valence-electron chi connectivity index (χ3n) is 11.5. The molecule has 4 aromatic rings. The average Bonchev–Trinajstić information content (AvgIpc) is 3.81. The van der Waals surface area contributed by atoms with Crippen molar-refractivity contribution >= 4 is 56.8 Å². The molecule has 0 saturated carbocycles. The van der Waals surface area contributed by atoms with Gasteiger partial charge in [0.05, 0.1) is 23.6 Å². The molecule has 4 atom stereocenters. The van der Waals surface area contributed by atoms with E-state index in [1.165, 1.54) is 0 Å². The predicted molar refractivity (Wildman–Crippen MR) is 218 cm³/mol. The smallest absolute Gasteiger partial charge is 0.255 e. The van der Waals surface area contributed by atoms with E-state index in [-0.39, 0.29) is 47.6 Å². The van der Waals surface area contributed by atoms with Gasteiger partial charge in [-0.15, -0.1) is 11.8 Å². The molecule has 0 aromatic heterocycles. The van der Waals surface area contributed by atoms with Crippen LogP contribution in [0.25, 0.3) is 11.1 Å². The van der Waals surface area contributed by atoms with Crippen LogP contribution in [0.5, 0.6) is 0 Å². The summed E-state index contributed by atoms with van der Waals surface area (Å²) in [6.45, 7) is 2.50. The van der Waals surface area contributed by atoms with E-state index in [9.17, 15) is 32.7 Å². The van der Waals surface area contributed by atoms with Crippen molar-refractivity contribution in [2.45, 2.75) is 79.9 Å². The van der Waals surface area contributed by atoms with Gasteiger partial charge in [0.2, 0.25) is 27.7 Å². The second kappa shape index (κ2) is 16.1. The van der Waals surface area contributed by atoms with Crippen molar-refractivity contribution in [1.29, 1.82) is 0 Å². The SMILES string of the molecule is Cc1ccc(S(=O)(=O)N2CC[C@@H]3[C@H](CO)Nc4ccc(-c5cccc(NC(=O)CCCCSc6cccc7c6CN(C6CCC(=O)NC6=O)C7=O)c5)cc4[C@@H]32)cc1. The van der Waals surface area contributed by atoms with Crippen LogP contribution in [0, 0.1) is 12.8 Å². The van der Waals surface area contributed by atoms with E-state index in [0.29, 0.717) is 50.0 Å². The minimum atomic E-state index is -3.80. The van der Waals surface area contributed by atoms with Crippen LogP contribution in [-0.4, -0.2) is 77.3 Å². The molecule has 2 saturated heterocycles. The van der Waals surface area contributed by atoms with E-state index in [1.807, 2.05) is 61.5 Å². The third-order valence-corrected chi connectivity index (χ3v) is 14.6. The summed E-state index contributed by atoms with van der Waals surface area (Å²) in [5.41, 5.74) is 6.55. The maximum atomic E-state index is 14.0. The van der Waals surface area contributed by atoms with Gasteiger partial charge in [0.25, 0.3) is 5.91 Å². The molecule has 8 rings (SSSR count). The van der Waals surface area contributed by atoms with Crippen molar-refractivity contribution in [3.63, 3.8) is 0 Å². The highest BCUT2D eigenvalue weighted by Gasteiger charge is 2.48. The fourth-order valence-corrected chi connectivity index (χ4v) is 11.3. The molecule has 2 fully saturated rings. The molecule has 296 valence electrons. The number of aliphatic hydroxyl groups is 1. The number of aliphatic hydroxyl groups excluding tert-OH is 1. The lowest BCUT2D eigenvalue weighted by molar-refractivity contribution is -0.137. The van der Waals surface area contributed by atoms with Crippen molar-refractivity contribution in [2.24, 2.45) is 5.92 Å². The number of benzene rings is 4. The number of imide groups is 1. The molecule has 0 spiro atoms. The number of hydrogen-bond donors (Lipinski definition) is 4. The van der Waals surface area contributed by atoms with Gasteiger partial charge < -0.3 is 20.6 Å². The minimum Gasteiger partial charge on any atom is -0.394 e. The highest BCUT2D eigenvalue weighted by atomic mass is 32.2. The molecular weight excluding hydrogens is 763 g/mol. The van der Waals surface area contributed by atoms with E-state index < -0.39 is 28.0 Å². The van der Waals surface area contributed by atoms with Gasteiger partial charge in [-0.1, -0.05) is 42.0 Å². The molecular formula is C43H45N5O7S2. The highest BCUT2D eigenvalue weighted by molar-refractivity contribution is 7.99. The molecule has 4 aromatic carbocycles. The van der Waals surface area contributed by atoms with Crippen molar-refractivity contribution in [3.05, 3.63) is 107 Å². The first-order chi connectivity index (χ1) is 27.5. The summed E-state index contributed by atoms with van der Waals surface area (Å²) in [5, 5.41) is 19.1. The van der Waals surface area contributed by atoms with Gasteiger partial charge in [-0.25, -0.2) is 8.42 Å². The van der Waals surface area contributed by atoms with Gasteiger partial charge in [0.15, 0.2) is 0 Å². The van der Waals surface area contributed by atoms with Crippen LogP contribution in [0.3, 0.4) is 0 Å². The van der Waals surface area contributed by atoms with E-state index >= 15 is 0 Å². The number of rotatable bonds is 12. The number of anilines is 2. The molecule has 4 heterocycles. The Morgan fingerprint density at radius 3 is 2.53 bits per heavy atom. The van der Waals surface area contributed by atoms with Gasteiger partial charge in [-0.3, -0.25) is 24.5 Å². The second-order valence-corrected chi connectivity index (χ2v) is 18.2. The molecule has 0 radical (unpaired) electrons. The minimum absolute atomic E-state index is 0.0985.